The molecule has 0 N–H and O–H groups in total. The van der Waals surface area contributed by atoms with Crippen LogP contribution in [0.4, 0.5) is 22.0 Å². The fourth-order valence-corrected chi connectivity index (χ4v) is 4.10. The van der Waals surface area contributed by atoms with Gasteiger partial charge in [-0.15, -0.1) is 0 Å². The van der Waals surface area contributed by atoms with E-state index in [1.165, 1.54) is 30.0 Å². The summed E-state index contributed by atoms with van der Waals surface area (Å²) in [6.45, 7) is 3.58. The van der Waals surface area contributed by atoms with Gasteiger partial charge in [-0.05, 0) is 44.2 Å². The summed E-state index contributed by atoms with van der Waals surface area (Å²) < 4.78 is 77.2. The summed E-state index contributed by atoms with van der Waals surface area (Å²) in [6, 6.07) is 3.92. The van der Waals surface area contributed by atoms with Gasteiger partial charge in [0, 0.05) is 11.8 Å². The largest absolute Gasteiger partial charge is 0.501 e. The average molecular weight is 510 g/mol. The number of halogens is 6. The van der Waals surface area contributed by atoms with Crippen LogP contribution >= 0.6 is 11.6 Å². The first-order valence-corrected chi connectivity index (χ1v) is 10.8. The van der Waals surface area contributed by atoms with E-state index in [1.807, 2.05) is 0 Å². The van der Waals surface area contributed by atoms with Crippen LogP contribution in [0.15, 0.2) is 52.6 Å². The summed E-state index contributed by atoms with van der Waals surface area (Å²) in [5.41, 5.74) is -3.18. The van der Waals surface area contributed by atoms with Crippen LogP contribution in [-0.4, -0.2) is 21.9 Å². The Balaban J connectivity index is 2.11. The summed E-state index contributed by atoms with van der Waals surface area (Å²) in [4.78, 5) is 20.9. The number of aliphatic imine (C=N–C) groups is 1. The highest BCUT2D eigenvalue weighted by atomic mass is 35.5. The molecule has 4 rings (SSSR count). The van der Waals surface area contributed by atoms with Gasteiger partial charge in [-0.2, -0.15) is 18.2 Å². The zero-order chi connectivity index (χ0) is 25.5. The van der Waals surface area contributed by atoms with E-state index in [-0.39, 0.29) is 22.6 Å². The molecule has 0 unspecified atom stereocenters. The fraction of sp³-hybridized carbons (Fsp3) is 0.208. The Hall–Kier alpha value is -3.53. The second kappa shape index (κ2) is 9.26. The average Bonchev–Trinajstić information content (AvgIpc) is 2.89. The lowest BCUT2D eigenvalue weighted by atomic mass is 9.97. The maximum absolute atomic E-state index is 14.8. The highest BCUT2D eigenvalue weighted by Gasteiger charge is 2.37. The number of rotatable bonds is 4. The minimum Gasteiger partial charge on any atom is -0.501 e. The molecule has 1 atom stereocenters. The highest BCUT2D eigenvalue weighted by molar-refractivity contribution is 6.37. The van der Waals surface area contributed by atoms with E-state index in [9.17, 15) is 26.7 Å². The van der Waals surface area contributed by atoms with Crippen molar-refractivity contribution in [1.82, 2.24) is 9.55 Å². The number of hydrogen-bond donors (Lipinski definition) is 0. The molecule has 1 aliphatic heterocycles. The van der Waals surface area contributed by atoms with Gasteiger partial charge in [0.25, 0.3) is 5.56 Å². The molecule has 11 heteroatoms. The van der Waals surface area contributed by atoms with Crippen LogP contribution in [0, 0.1) is 11.6 Å². The van der Waals surface area contributed by atoms with Gasteiger partial charge in [0.05, 0.1) is 46.0 Å². The van der Waals surface area contributed by atoms with Crippen molar-refractivity contribution in [2.45, 2.75) is 26.1 Å². The summed E-state index contributed by atoms with van der Waals surface area (Å²) in [5.74, 6) is -2.03. The Bertz CT molecular complexity index is 1410. The smallest absolute Gasteiger partial charge is 0.417 e. The van der Waals surface area contributed by atoms with Gasteiger partial charge in [0.2, 0.25) is 0 Å². The van der Waals surface area contributed by atoms with E-state index < -0.39 is 51.3 Å². The summed E-state index contributed by atoms with van der Waals surface area (Å²) in [7, 11) is 0. The van der Waals surface area contributed by atoms with Gasteiger partial charge in [-0.3, -0.25) is 9.79 Å². The standard InChI is InChI=1S/C24H17ClF5N3O2/c1-3-35-10-9-13-11-33-17-8-7-14(24(28,29)30)20(25)19(17)21(18-15(26)5-4-6-16(18)27)31-12(2)22(33)32-23(13)34/h4-12H,3H2,1-2H3/b10-9+/t12-/m0/s1. The summed E-state index contributed by atoms with van der Waals surface area (Å²) in [5, 5.41) is -0.790. The first kappa shape index (κ1) is 24.6. The Labute approximate surface area is 201 Å². The van der Waals surface area contributed by atoms with Crippen molar-refractivity contribution in [2.75, 3.05) is 6.61 Å². The fourth-order valence-electron chi connectivity index (χ4n) is 3.74. The predicted molar refractivity (Wildman–Crippen MR) is 121 cm³/mol. The maximum atomic E-state index is 14.8. The number of aromatic nitrogens is 2. The molecule has 0 fully saturated rings. The minimum atomic E-state index is -4.85. The lowest BCUT2D eigenvalue weighted by molar-refractivity contribution is -0.137. The maximum Gasteiger partial charge on any atom is 0.417 e. The summed E-state index contributed by atoms with van der Waals surface area (Å²) in [6.07, 6.45) is -0.873. The van der Waals surface area contributed by atoms with Gasteiger partial charge in [0.15, 0.2) is 0 Å². The number of ether oxygens (including phenoxy) is 1. The molecule has 0 spiro atoms. The molecule has 0 saturated heterocycles. The van der Waals surface area contributed by atoms with Crippen molar-refractivity contribution in [3.63, 3.8) is 0 Å². The molecule has 1 aromatic heterocycles. The highest BCUT2D eigenvalue weighted by Crippen LogP contribution is 2.41. The number of alkyl halides is 3. The Morgan fingerprint density at radius 3 is 2.46 bits per heavy atom. The second-order valence-corrected chi connectivity index (χ2v) is 7.93. The molecule has 0 bridgehead atoms. The number of hydrogen-bond acceptors (Lipinski definition) is 4. The van der Waals surface area contributed by atoms with Crippen molar-refractivity contribution in [1.29, 1.82) is 0 Å². The molecule has 1 aliphatic rings. The molecular weight excluding hydrogens is 493 g/mol. The Morgan fingerprint density at radius 2 is 1.83 bits per heavy atom. The first-order valence-electron chi connectivity index (χ1n) is 10.4. The Morgan fingerprint density at radius 1 is 1.14 bits per heavy atom. The molecule has 0 saturated carbocycles. The molecule has 35 heavy (non-hydrogen) atoms. The number of benzene rings is 2. The lowest BCUT2D eigenvalue weighted by Gasteiger charge is -2.19. The van der Waals surface area contributed by atoms with Crippen LogP contribution in [0.2, 0.25) is 5.02 Å². The van der Waals surface area contributed by atoms with Gasteiger partial charge in [0.1, 0.15) is 23.5 Å². The van der Waals surface area contributed by atoms with Crippen LogP contribution in [-0.2, 0) is 10.9 Å². The van der Waals surface area contributed by atoms with E-state index in [4.69, 9.17) is 16.3 Å². The zero-order valence-electron chi connectivity index (χ0n) is 18.3. The number of fused-ring (bicyclic) bond motifs is 3. The van der Waals surface area contributed by atoms with Crippen LogP contribution < -0.4 is 5.56 Å². The Kier molecular flexibility index (Phi) is 6.50. The first-order chi connectivity index (χ1) is 16.5. The van der Waals surface area contributed by atoms with E-state index in [1.54, 1.807) is 6.92 Å². The SMILES string of the molecule is CCO/C=C/c1cn2c(nc1=O)[C@H](C)N=C(c1c(F)cccc1F)c1c-2ccc(C(F)(F)F)c1Cl. The second-order valence-electron chi connectivity index (χ2n) is 7.56. The van der Waals surface area contributed by atoms with E-state index in [2.05, 4.69) is 9.98 Å². The third kappa shape index (κ3) is 4.45. The molecule has 182 valence electrons. The van der Waals surface area contributed by atoms with Crippen molar-refractivity contribution >= 4 is 23.4 Å². The molecule has 0 amide bonds. The van der Waals surface area contributed by atoms with E-state index in [0.717, 1.165) is 30.3 Å². The molecule has 0 aliphatic carbocycles. The molecule has 2 heterocycles. The van der Waals surface area contributed by atoms with Gasteiger partial charge >= 0.3 is 6.18 Å². The molecule has 2 aromatic carbocycles. The number of nitrogens with zero attached hydrogens (tertiary/aromatic N) is 3. The molecule has 3 aromatic rings. The third-order valence-electron chi connectivity index (χ3n) is 5.31. The van der Waals surface area contributed by atoms with Crippen molar-refractivity contribution in [3.8, 4) is 5.69 Å². The van der Waals surface area contributed by atoms with Gasteiger partial charge in [-0.25, -0.2) is 8.78 Å². The van der Waals surface area contributed by atoms with Crippen LogP contribution in [0.5, 0.6) is 0 Å². The van der Waals surface area contributed by atoms with Crippen LogP contribution in [0.3, 0.4) is 0 Å². The van der Waals surface area contributed by atoms with Gasteiger partial charge < -0.3 is 9.30 Å². The lowest BCUT2D eigenvalue weighted by Crippen LogP contribution is -2.20. The van der Waals surface area contributed by atoms with Crippen molar-refractivity contribution in [2.24, 2.45) is 4.99 Å². The van der Waals surface area contributed by atoms with E-state index in [0.29, 0.717) is 6.61 Å². The molecule has 0 radical (unpaired) electrons. The molecular formula is C24H17ClF5N3O2. The van der Waals surface area contributed by atoms with Crippen molar-refractivity contribution < 1.29 is 26.7 Å². The van der Waals surface area contributed by atoms with Crippen LogP contribution in [0.1, 0.15) is 48.0 Å². The van der Waals surface area contributed by atoms with Crippen molar-refractivity contribution in [3.05, 3.63) is 97.9 Å². The monoisotopic (exact) mass is 509 g/mol. The normalized spacial score (nSPS) is 15.4. The molecule has 5 nitrogen and oxygen atoms in total. The van der Waals surface area contributed by atoms with Gasteiger partial charge in [-0.1, -0.05) is 17.7 Å². The topological polar surface area (TPSA) is 56.5 Å². The third-order valence-corrected chi connectivity index (χ3v) is 5.70. The van der Waals surface area contributed by atoms with Crippen LogP contribution in [0.25, 0.3) is 11.8 Å². The quantitative estimate of drug-likeness (QED) is 0.315. The predicted octanol–water partition coefficient (Wildman–Crippen LogP) is 6.10. The minimum absolute atomic E-state index is 0.0160. The zero-order valence-corrected chi connectivity index (χ0v) is 19.1. The summed E-state index contributed by atoms with van der Waals surface area (Å²) >= 11 is 6.25. The van der Waals surface area contributed by atoms with E-state index >= 15 is 0 Å².